The number of carbonyl (C=O) groups is 3. The third-order valence-electron chi connectivity index (χ3n) is 24.1. The number of allylic oxidation sites excluding steroid dienone is 5. The average Bonchev–Trinajstić information content (AvgIpc) is 1.38. The Morgan fingerprint density at radius 3 is 2.46 bits per heavy atom. The van der Waals surface area contributed by atoms with Gasteiger partial charge < -0.3 is 50.9 Å². The lowest BCUT2D eigenvalue weighted by Crippen LogP contribution is -2.52. The number of ether oxygens (including phenoxy) is 2. The highest BCUT2D eigenvalue weighted by Gasteiger charge is 2.69. The van der Waals surface area contributed by atoms with Gasteiger partial charge in [-0.15, -0.1) is 0 Å². The predicted molar refractivity (Wildman–Crippen MR) is 349 cm³/mol. The number of β-amino-alcohol motifs (C(OH)–C–C–N with tert-alkyl or cyclic N) is 1. The van der Waals surface area contributed by atoms with Crippen LogP contribution in [-0.4, -0.2) is 77.6 Å². The molecule has 6 heterocycles. The lowest BCUT2D eigenvalue weighted by atomic mass is 9.44. The Kier molecular flexibility index (Phi) is 16.9. The highest BCUT2D eigenvalue weighted by molar-refractivity contribution is 6.07. The maximum absolute atomic E-state index is 15.5. The third-order valence-corrected chi connectivity index (χ3v) is 24.1. The van der Waals surface area contributed by atoms with Gasteiger partial charge in [0.05, 0.1) is 34.3 Å². The van der Waals surface area contributed by atoms with Crippen LogP contribution in [0, 0.1) is 75.9 Å². The van der Waals surface area contributed by atoms with Crippen molar-refractivity contribution in [2.75, 3.05) is 26.7 Å². The maximum atomic E-state index is 15.5. The average molecular weight is 1210 g/mol. The number of aromatic hydroxyl groups is 1. The molecule has 0 amide bonds. The molecular formula is C78H92N4O8. The zero-order valence-corrected chi connectivity index (χ0v) is 53.0. The van der Waals surface area contributed by atoms with E-state index in [1.807, 2.05) is 32.2 Å². The fourth-order valence-corrected chi connectivity index (χ4v) is 19.6. The molecule has 14 atom stereocenters. The first kappa shape index (κ1) is 61.1. The molecule has 6 aliphatic heterocycles. The number of nitrogens with one attached hydrogen (secondary N) is 4. The number of fused-ring (bicyclic) bond motifs is 5. The molecule has 4 aromatic rings. The van der Waals surface area contributed by atoms with E-state index in [0.717, 1.165) is 135 Å². The highest BCUT2D eigenvalue weighted by atomic mass is 16.6. The van der Waals surface area contributed by atoms with Gasteiger partial charge in [0.2, 0.25) is 0 Å². The van der Waals surface area contributed by atoms with Crippen molar-refractivity contribution < 1.29 is 39.2 Å². The van der Waals surface area contributed by atoms with Crippen molar-refractivity contribution in [1.29, 1.82) is 0 Å². The van der Waals surface area contributed by atoms with Crippen molar-refractivity contribution in [2.24, 2.45) is 64.1 Å². The zero-order valence-electron chi connectivity index (χ0n) is 53.0. The number of carbonyl (C=O) groups excluding carboxylic acids is 3. The first-order chi connectivity index (χ1) is 43.7. The summed E-state index contributed by atoms with van der Waals surface area (Å²) in [6.07, 6.45) is 20.2. The van der Waals surface area contributed by atoms with Gasteiger partial charge in [0.15, 0.2) is 0 Å². The van der Waals surface area contributed by atoms with Crippen LogP contribution in [0.15, 0.2) is 137 Å². The fourth-order valence-electron chi connectivity index (χ4n) is 19.6. The number of aldehydes is 1. The van der Waals surface area contributed by atoms with E-state index >= 15 is 9.59 Å². The summed E-state index contributed by atoms with van der Waals surface area (Å²) in [5.74, 6) is 6.99. The van der Waals surface area contributed by atoms with E-state index in [4.69, 9.17) is 9.47 Å². The highest BCUT2D eigenvalue weighted by Crippen LogP contribution is 2.72. The topological polar surface area (TPSA) is 178 Å². The summed E-state index contributed by atoms with van der Waals surface area (Å²) < 4.78 is 13.6. The van der Waals surface area contributed by atoms with Crippen LogP contribution in [-0.2, 0) is 43.2 Å². The molecule has 0 unspecified atom stereocenters. The Morgan fingerprint density at radius 2 is 1.63 bits per heavy atom. The number of aliphatic hydroxyl groups is 2. The van der Waals surface area contributed by atoms with E-state index in [1.165, 1.54) is 11.1 Å². The Hall–Kier alpha value is -6.43. The van der Waals surface area contributed by atoms with Gasteiger partial charge in [-0.1, -0.05) is 117 Å². The molecule has 5 fully saturated rings. The number of hydrogen-bond acceptors (Lipinski definition) is 12. The molecule has 0 radical (unpaired) electrons. The molecule has 472 valence electrons. The normalized spacial score (nSPS) is 34.6. The van der Waals surface area contributed by atoms with Crippen LogP contribution >= 0.6 is 0 Å². The summed E-state index contributed by atoms with van der Waals surface area (Å²) in [5.41, 5.74) is 7.15. The van der Waals surface area contributed by atoms with Gasteiger partial charge in [-0.05, 0) is 239 Å². The van der Waals surface area contributed by atoms with E-state index in [0.29, 0.717) is 67.7 Å². The quantitative estimate of drug-likeness (QED) is 0.0480. The van der Waals surface area contributed by atoms with E-state index in [1.54, 1.807) is 6.07 Å². The molecule has 14 bridgehead atoms. The maximum Gasteiger partial charge on any atom is 0.340 e. The third kappa shape index (κ3) is 11.1. The standard InChI is InChI=1S/C78H92N4O8/c1-4-48(37-49-13-7-5-8-14-49)40-66-78-33-25-60-61-23-24-62-65(89-73(85)69(62)70(61)78)26-32-76(56-28-35-81-67(42-56)79-3)44-54-41-57(77(88)30-9-6-10-31-77)20-19-55(29-36-83)75(2,87)47-82-72(64(54)45-76)53-18-11-15-50(38-53)27-34-80-46-51-16-12-17-52(39-51)59-22-21-58(84)43-63(59)68(60)71(78)74(86)90-66/h5,7-8,11-18,21-22,26,36,38-40,43,48,54-57,60-61,64,67,70,72,79-82,84,87-88H,4,6,9-10,23-25,27-35,37,41-42,44-47H2,1-3H3/b65-26?,66-40-/t48-,54-,55-,56-,57-,60+,61-,64+,67-,70+,72+,75+,76+,78+/m0/s1. The van der Waals surface area contributed by atoms with E-state index in [2.05, 4.69) is 125 Å². The first-order valence-corrected chi connectivity index (χ1v) is 34.4. The molecule has 6 aliphatic carbocycles. The largest absolute Gasteiger partial charge is 0.508 e. The monoisotopic (exact) mass is 1210 g/mol. The SMILES string of the molecule is CC[C@H](/C=C1\OC(=O)C2=C3c4cc(O)ccc4-c4cccc(c4)CNCCc4cccc(c4)[C@H]4NC[C@@](C)(O)[C@H](CC=O)C#C[C@H](C5(O)CCCCC5)C[C@H]5C[C@]([C@H]6CCN[C@H](NC)C6)(CC=C6OC(=O)C7=C6CC[C@H]6[C@H]3CC[C@@]21[C@@H]76)C[C@H]54)Cc1ccccc1. The summed E-state index contributed by atoms with van der Waals surface area (Å²) in [6, 6.07) is 33.6. The molecule has 12 heteroatoms. The second kappa shape index (κ2) is 24.9. The van der Waals surface area contributed by atoms with Gasteiger partial charge in [0, 0.05) is 48.5 Å². The molecule has 0 aromatic heterocycles. The van der Waals surface area contributed by atoms with Crippen LogP contribution in [0.25, 0.3) is 16.7 Å². The number of piperidine rings is 1. The molecule has 16 rings (SSSR count). The molecule has 12 nitrogen and oxygen atoms in total. The molecular weight excluding hydrogens is 1120 g/mol. The van der Waals surface area contributed by atoms with Crippen LogP contribution in [0.2, 0.25) is 0 Å². The number of cyclic esters (lactones) is 1. The van der Waals surface area contributed by atoms with E-state index in [-0.39, 0.29) is 95.6 Å². The van der Waals surface area contributed by atoms with Crippen LogP contribution in [0.1, 0.15) is 157 Å². The van der Waals surface area contributed by atoms with Crippen LogP contribution < -0.4 is 21.3 Å². The number of rotatable bonds is 9. The van der Waals surface area contributed by atoms with Crippen molar-refractivity contribution in [3.8, 4) is 28.7 Å². The number of phenols is 1. The molecule has 4 aromatic carbocycles. The number of phenolic OH excluding ortho intramolecular Hbond substituents is 1. The minimum atomic E-state index is -1.36. The van der Waals surface area contributed by atoms with Gasteiger partial charge in [-0.2, -0.15) is 0 Å². The lowest BCUT2D eigenvalue weighted by molar-refractivity contribution is -0.135. The molecule has 12 aliphatic rings. The minimum Gasteiger partial charge on any atom is -0.508 e. The summed E-state index contributed by atoms with van der Waals surface area (Å²) in [6.45, 7) is 6.46. The number of benzene rings is 4. The van der Waals surface area contributed by atoms with Crippen LogP contribution in [0.5, 0.6) is 5.75 Å². The van der Waals surface area contributed by atoms with Gasteiger partial charge in [-0.25, -0.2) is 9.59 Å². The van der Waals surface area contributed by atoms with Crippen molar-refractivity contribution >= 4 is 23.8 Å². The van der Waals surface area contributed by atoms with Crippen molar-refractivity contribution in [2.45, 2.75) is 166 Å². The summed E-state index contributed by atoms with van der Waals surface area (Å²) in [7, 11) is 2.04. The van der Waals surface area contributed by atoms with Crippen molar-refractivity contribution in [3.63, 3.8) is 0 Å². The van der Waals surface area contributed by atoms with Gasteiger partial charge in [-0.3, -0.25) is 0 Å². The van der Waals surface area contributed by atoms with Crippen LogP contribution in [0.3, 0.4) is 0 Å². The summed E-state index contributed by atoms with van der Waals surface area (Å²) >= 11 is 0. The Morgan fingerprint density at radius 1 is 0.800 bits per heavy atom. The van der Waals surface area contributed by atoms with Crippen LogP contribution in [0.4, 0.5) is 0 Å². The Bertz CT molecular complexity index is 3620. The Labute approximate surface area is 532 Å². The minimum absolute atomic E-state index is 0.00922. The van der Waals surface area contributed by atoms with Crippen molar-refractivity contribution in [3.05, 3.63) is 165 Å². The second-order valence-corrected chi connectivity index (χ2v) is 29.1. The molecule has 7 N–H and O–H groups in total. The molecule has 3 saturated carbocycles. The number of esters is 2. The van der Waals surface area contributed by atoms with Gasteiger partial charge >= 0.3 is 11.9 Å². The lowest BCUT2D eigenvalue weighted by Gasteiger charge is -2.56. The summed E-state index contributed by atoms with van der Waals surface area (Å²) in [5, 5.41) is 52.3. The van der Waals surface area contributed by atoms with E-state index < -0.39 is 22.5 Å². The van der Waals surface area contributed by atoms with Gasteiger partial charge in [0.1, 0.15) is 23.6 Å². The zero-order chi connectivity index (χ0) is 61.9. The van der Waals surface area contributed by atoms with E-state index in [9.17, 15) is 20.1 Å². The molecule has 90 heavy (non-hydrogen) atoms. The number of hydrogen-bond donors (Lipinski definition) is 7. The summed E-state index contributed by atoms with van der Waals surface area (Å²) in [4.78, 5) is 43.4. The van der Waals surface area contributed by atoms with Gasteiger partial charge in [0.25, 0.3) is 0 Å². The predicted octanol–water partition coefficient (Wildman–Crippen LogP) is 12.3. The second-order valence-electron chi connectivity index (χ2n) is 29.1. The smallest absolute Gasteiger partial charge is 0.340 e. The molecule has 2 saturated heterocycles. The Balaban J connectivity index is 0.952. The first-order valence-electron chi connectivity index (χ1n) is 34.4. The molecule has 1 spiro atoms. The fraction of sp³-hybridized carbons (Fsp3) is 0.526. The van der Waals surface area contributed by atoms with Crippen molar-refractivity contribution in [1.82, 2.24) is 21.3 Å².